The quantitative estimate of drug-likeness (QED) is 0.0799. The molecule has 0 N–H and O–H groups in total. The third-order valence-corrected chi connectivity index (χ3v) is 9.78. The highest BCUT2D eigenvalue weighted by Crippen LogP contribution is 2.39. The van der Waals surface area contributed by atoms with E-state index in [9.17, 15) is 24.4 Å². The number of rotatable bonds is 10. The van der Waals surface area contributed by atoms with E-state index in [-0.39, 0.29) is 33.8 Å². The molecule has 50 heavy (non-hydrogen) atoms. The molecule has 0 spiro atoms. The first-order valence-electron chi connectivity index (χ1n) is 15.1. The van der Waals surface area contributed by atoms with Gasteiger partial charge in [0.15, 0.2) is 12.4 Å². The Kier molecular flexibility index (Phi) is 10.3. The van der Waals surface area contributed by atoms with Crippen LogP contribution in [0.4, 0.5) is 5.69 Å². The molecule has 2 heterocycles. The number of nitriles is 1. The summed E-state index contributed by atoms with van der Waals surface area (Å²) in [5, 5.41) is 10.3. The predicted octanol–water partition coefficient (Wildman–Crippen LogP) is 8.07. The smallest absolute Gasteiger partial charge is 0.338 e. The van der Waals surface area contributed by atoms with Gasteiger partial charge in [0.1, 0.15) is 16.8 Å². The number of imide groups is 1. The zero-order valence-corrected chi connectivity index (χ0v) is 28.6. The van der Waals surface area contributed by atoms with E-state index < -0.39 is 35.4 Å². The maximum Gasteiger partial charge on any atom is 0.338 e. The van der Waals surface area contributed by atoms with Crippen molar-refractivity contribution in [2.75, 3.05) is 18.6 Å². The molecular weight excluding hydrogens is 697 g/mol. The molecule has 1 unspecified atom stereocenters. The fourth-order valence-corrected chi connectivity index (χ4v) is 6.71. The topological polar surface area (TPSA) is 127 Å². The summed E-state index contributed by atoms with van der Waals surface area (Å²) >= 11 is 12.9. The number of nitrogens with zero attached hydrogens (tertiary/aromatic N) is 3. The summed E-state index contributed by atoms with van der Waals surface area (Å²) in [4.78, 5) is 57.9. The van der Waals surface area contributed by atoms with Crippen LogP contribution in [0.25, 0.3) is 22.4 Å². The number of carbonyl (C=O) groups is 4. The Bertz CT molecular complexity index is 2170. The number of amides is 2. The molecule has 1 fully saturated rings. The molecule has 0 bridgehead atoms. The highest BCUT2D eigenvalue weighted by atomic mass is 35.5. The van der Waals surface area contributed by atoms with Crippen molar-refractivity contribution in [1.82, 2.24) is 4.98 Å². The zero-order chi connectivity index (χ0) is 35.4. The lowest BCUT2D eigenvalue weighted by atomic mass is 9.99. The van der Waals surface area contributed by atoms with E-state index >= 15 is 0 Å². The van der Waals surface area contributed by atoms with Gasteiger partial charge in [-0.25, -0.2) is 14.7 Å². The number of methoxy groups -OCH3 is 1. The molecule has 0 saturated carbocycles. The summed E-state index contributed by atoms with van der Waals surface area (Å²) in [6.07, 6.45) is -0.121. The van der Waals surface area contributed by atoms with Crippen molar-refractivity contribution in [1.29, 1.82) is 5.26 Å². The average molecular weight is 723 g/mol. The van der Waals surface area contributed by atoms with Gasteiger partial charge in [-0.2, -0.15) is 5.26 Å². The van der Waals surface area contributed by atoms with Crippen LogP contribution in [0.1, 0.15) is 32.7 Å². The fourth-order valence-electron chi connectivity index (χ4n) is 5.29. The standard InChI is InChI=1S/C38H25Cl2N3O6S/c1-48-27-14-9-22(10-15-27)28-18-32(23-5-3-2-4-6-23)42-36(29(28)20-41)50-34-19-35(45)43(37(34)46)26-12-7-24(8-13-26)38(47)49-21-33(44)25-11-16-30(39)31(40)17-25/h2-18,34H,19,21H2,1H3. The first kappa shape index (κ1) is 34.4. The molecule has 9 nitrogen and oxygen atoms in total. The van der Waals surface area contributed by atoms with Crippen molar-refractivity contribution >= 4 is 64.2 Å². The lowest BCUT2D eigenvalue weighted by Gasteiger charge is -2.16. The molecule has 1 aromatic heterocycles. The number of Topliss-reactive ketones (excluding diaryl/α,β-unsaturated/α-hetero) is 1. The number of carbonyl (C=O) groups excluding carboxylic acids is 4. The first-order chi connectivity index (χ1) is 24.2. The Hall–Kier alpha value is -5.47. The summed E-state index contributed by atoms with van der Waals surface area (Å²) in [5.74, 6) is -1.50. The van der Waals surface area contributed by atoms with Crippen molar-refractivity contribution in [3.05, 3.63) is 130 Å². The van der Waals surface area contributed by atoms with Crippen LogP contribution in [0.5, 0.6) is 5.75 Å². The summed E-state index contributed by atoms with van der Waals surface area (Å²) < 4.78 is 10.5. The van der Waals surface area contributed by atoms with Gasteiger partial charge in [-0.1, -0.05) is 77.4 Å². The lowest BCUT2D eigenvalue weighted by molar-refractivity contribution is -0.121. The zero-order valence-electron chi connectivity index (χ0n) is 26.3. The molecule has 1 aliphatic heterocycles. The van der Waals surface area contributed by atoms with E-state index in [0.29, 0.717) is 27.1 Å². The summed E-state index contributed by atoms with van der Waals surface area (Å²) in [6.45, 7) is -0.523. The van der Waals surface area contributed by atoms with Gasteiger partial charge in [-0.05, 0) is 66.2 Å². The van der Waals surface area contributed by atoms with E-state index in [1.165, 1.54) is 42.5 Å². The van der Waals surface area contributed by atoms with Crippen molar-refractivity contribution in [3.8, 4) is 34.2 Å². The van der Waals surface area contributed by atoms with E-state index in [1.807, 2.05) is 48.5 Å². The largest absolute Gasteiger partial charge is 0.497 e. The number of pyridine rings is 1. The molecule has 1 saturated heterocycles. The lowest BCUT2D eigenvalue weighted by Crippen LogP contribution is -2.31. The molecule has 1 atom stereocenters. The monoisotopic (exact) mass is 721 g/mol. The van der Waals surface area contributed by atoms with Crippen molar-refractivity contribution in [2.24, 2.45) is 0 Å². The van der Waals surface area contributed by atoms with E-state index in [1.54, 1.807) is 19.2 Å². The van der Waals surface area contributed by atoms with Gasteiger partial charge in [0.2, 0.25) is 11.8 Å². The van der Waals surface area contributed by atoms with Gasteiger partial charge in [0.05, 0.1) is 44.9 Å². The second-order valence-electron chi connectivity index (χ2n) is 11.0. The number of aromatic nitrogens is 1. The van der Waals surface area contributed by atoms with Crippen molar-refractivity contribution in [3.63, 3.8) is 0 Å². The number of ketones is 1. The Morgan fingerprint density at radius 1 is 0.900 bits per heavy atom. The number of halogens is 2. The van der Waals surface area contributed by atoms with Crippen LogP contribution in [0.2, 0.25) is 10.0 Å². The van der Waals surface area contributed by atoms with Crippen LogP contribution >= 0.6 is 35.0 Å². The fraction of sp³-hybridized carbons (Fsp3) is 0.105. The minimum atomic E-state index is -0.853. The number of thioether (sulfide) groups is 1. The van der Waals surface area contributed by atoms with Gasteiger partial charge in [-0.15, -0.1) is 0 Å². The van der Waals surface area contributed by atoms with E-state index in [2.05, 4.69) is 6.07 Å². The molecule has 0 radical (unpaired) electrons. The predicted molar refractivity (Wildman–Crippen MR) is 191 cm³/mol. The van der Waals surface area contributed by atoms with E-state index in [4.69, 9.17) is 37.7 Å². The molecule has 12 heteroatoms. The highest BCUT2D eigenvalue weighted by molar-refractivity contribution is 8.00. The number of ether oxygens (including phenoxy) is 2. The van der Waals surface area contributed by atoms with Gasteiger partial charge in [0, 0.05) is 23.1 Å². The first-order valence-corrected chi connectivity index (χ1v) is 16.7. The third kappa shape index (κ3) is 7.26. The number of benzene rings is 4. The highest BCUT2D eigenvalue weighted by Gasteiger charge is 2.41. The minimum absolute atomic E-state index is 0.118. The van der Waals surface area contributed by atoms with Crippen LogP contribution in [-0.4, -0.2) is 47.5 Å². The number of esters is 1. The molecule has 248 valence electrons. The van der Waals surface area contributed by atoms with Gasteiger partial charge in [-0.3, -0.25) is 14.4 Å². The molecule has 5 aromatic rings. The number of hydrogen-bond acceptors (Lipinski definition) is 9. The van der Waals surface area contributed by atoms with Crippen LogP contribution in [0.15, 0.2) is 108 Å². The van der Waals surface area contributed by atoms with Gasteiger partial charge < -0.3 is 9.47 Å². The minimum Gasteiger partial charge on any atom is -0.497 e. The normalized spacial score (nSPS) is 14.0. The molecule has 6 rings (SSSR count). The Labute approximate surface area is 301 Å². The molecule has 4 aromatic carbocycles. The third-order valence-electron chi connectivity index (χ3n) is 7.86. The number of anilines is 1. The maximum atomic E-state index is 13.7. The van der Waals surface area contributed by atoms with Crippen molar-refractivity contribution in [2.45, 2.75) is 16.7 Å². The second kappa shape index (κ2) is 15.0. The van der Waals surface area contributed by atoms with E-state index in [0.717, 1.165) is 27.8 Å². The molecule has 2 amide bonds. The Balaban J connectivity index is 1.21. The second-order valence-corrected chi connectivity index (χ2v) is 13.0. The average Bonchev–Trinajstić information content (AvgIpc) is 3.42. The van der Waals surface area contributed by atoms with Gasteiger partial charge in [0.25, 0.3) is 0 Å². The summed E-state index contributed by atoms with van der Waals surface area (Å²) in [7, 11) is 1.57. The van der Waals surface area contributed by atoms with Crippen LogP contribution in [0.3, 0.4) is 0 Å². The maximum absolute atomic E-state index is 13.7. The summed E-state index contributed by atoms with van der Waals surface area (Å²) in [6, 6.07) is 30.9. The van der Waals surface area contributed by atoms with Crippen LogP contribution in [0, 0.1) is 11.3 Å². The van der Waals surface area contributed by atoms with Crippen LogP contribution < -0.4 is 9.64 Å². The summed E-state index contributed by atoms with van der Waals surface area (Å²) in [5.41, 5.74) is 3.71. The number of hydrogen-bond donors (Lipinski definition) is 0. The molecule has 1 aliphatic rings. The SMILES string of the molecule is COc1ccc(-c2cc(-c3ccccc3)nc(SC3CC(=O)N(c4ccc(C(=O)OCC(=O)c5ccc(Cl)c(Cl)c5)cc4)C3=O)c2C#N)cc1. The Morgan fingerprint density at radius 3 is 2.26 bits per heavy atom. The van der Waals surface area contributed by atoms with Gasteiger partial charge >= 0.3 is 5.97 Å². The van der Waals surface area contributed by atoms with Crippen molar-refractivity contribution < 1.29 is 28.7 Å². The molecule has 0 aliphatic carbocycles. The molecular formula is C38H25Cl2N3O6S. The Morgan fingerprint density at radius 2 is 1.60 bits per heavy atom. The van der Waals surface area contributed by atoms with Crippen LogP contribution in [-0.2, 0) is 14.3 Å².